The number of carbonyl (C=O) groups excluding carboxylic acids is 1. The third-order valence-electron chi connectivity index (χ3n) is 8.72. The Morgan fingerprint density at radius 1 is 1.00 bits per heavy atom. The van der Waals surface area contributed by atoms with Crippen LogP contribution in [0.3, 0.4) is 0 Å². The van der Waals surface area contributed by atoms with Crippen LogP contribution in [0.4, 0.5) is 5.69 Å². The predicted molar refractivity (Wildman–Crippen MR) is 145 cm³/mol. The fourth-order valence-electron chi connectivity index (χ4n) is 6.40. The Morgan fingerprint density at radius 3 is 2.39 bits per heavy atom. The van der Waals surface area contributed by atoms with E-state index in [0.717, 1.165) is 42.4 Å². The van der Waals surface area contributed by atoms with Crippen molar-refractivity contribution in [3.05, 3.63) is 65.9 Å². The number of anilines is 1. The van der Waals surface area contributed by atoms with Gasteiger partial charge in [-0.25, -0.2) is 8.42 Å². The lowest BCUT2D eigenvalue weighted by Crippen LogP contribution is -2.70. The number of fused-ring (bicyclic) bond motifs is 2. The number of nitrogens with zero attached hydrogens (tertiary/aromatic N) is 5. The number of hydrogen-bond acceptors (Lipinski definition) is 7. The molecule has 1 spiro atoms. The van der Waals surface area contributed by atoms with Crippen molar-refractivity contribution in [2.24, 2.45) is 0 Å². The van der Waals surface area contributed by atoms with Gasteiger partial charge >= 0.3 is 0 Å². The number of aliphatic hydroxyl groups excluding tert-OH is 1. The average molecular weight is 556 g/mol. The maximum atomic E-state index is 13.8. The van der Waals surface area contributed by atoms with Gasteiger partial charge in [-0.05, 0) is 67.1 Å². The Bertz CT molecular complexity index is 1500. The summed E-state index contributed by atoms with van der Waals surface area (Å²) in [6.45, 7) is 1.45. The minimum Gasteiger partial charge on any atom is -0.392 e. The molecule has 3 aliphatic heterocycles. The molecule has 1 unspecified atom stereocenters. The summed E-state index contributed by atoms with van der Waals surface area (Å²) in [6.07, 6.45) is 5.14. The minimum atomic E-state index is -3.99. The second-order valence-electron chi connectivity index (χ2n) is 10.5. The van der Waals surface area contributed by atoms with E-state index in [4.69, 9.17) is 11.6 Å². The van der Waals surface area contributed by atoms with Gasteiger partial charge in [-0.3, -0.25) is 14.7 Å². The molecule has 9 nitrogen and oxygen atoms in total. The molecule has 3 aliphatic rings. The van der Waals surface area contributed by atoms with Gasteiger partial charge in [-0.15, -0.1) is 0 Å². The maximum Gasteiger partial charge on any atom is 0.243 e. The molecular formula is C27H30ClN5O4S. The molecule has 1 aromatic heterocycles. The number of carbonyl (C=O) groups is 1. The summed E-state index contributed by atoms with van der Waals surface area (Å²) in [7, 11) is -2.07. The number of amides is 1. The summed E-state index contributed by atoms with van der Waals surface area (Å²) in [4.78, 5) is 23.8. The third-order valence-corrected chi connectivity index (χ3v) is 10.7. The molecule has 0 radical (unpaired) electrons. The largest absolute Gasteiger partial charge is 0.392 e. The zero-order valence-corrected chi connectivity index (χ0v) is 22.7. The number of piperazine rings is 1. The number of hydrogen-bond donors (Lipinski definition) is 1. The van der Waals surface area contributed by atoms with E-state index >= 15 is 0 Å². The summed E-state index contributed by atoms with van der Waals surface area (Å²) in [5.41, 5.74) is -0.355. The van der Waals surface area contributed by atoms with Crippen molar-refractivity contribution in [2.75, 3.05) is 51.3 Å². The fraction of sp³-hybridized carbons (Fsp3) is 0.407. The van der Waals surface area contributed by atoms with Crippen molar-refractivity contribution in [3.63, 3.8) is 0 Å². The Hall–Kier alpha value is -2.76. The molecule has 200 valence electrons. The number of rotatable bonds is 4. The fourth-order valence-corrected chi connectivity index (χ4v) is 8.05. The molecule has 3 fully saturated rings. The van der Waals surface area contributed by atoms with Crippen LogP contribution in [0, 0.1) is 0 Å². The van der Waals surface area contributed by atoms with E-state index in [1.165, 1.54) is 4.31 Å². The van der Waals surface area contributed by atoms with Crippen LogP contribution in [0.2, 0.25) is 5.02 Å². The molecule has 4 heterocycles. The van der Waals surface area contributed by atoms with Crippen molar-refractivity contribution in [2.45, 2.75) is 28.9 Å². The molecule has 11 heteroatoms. The Balaban J connectivity index is 1.28. The first kappa shape index (κ1) is 25.5. The number of aromatic nitrogens is 1. The Morgan fingerprint density at radius 2 is 1.68 bits per heavy atom. The summed E-state index contributed by atoms with van der Waals surface area (Å²) in [6, 6.07) is 14.1. The highest BCUT2D eigenvalue weighted by atomic mass is 35.5. The number of pyridine rings is 1. The van der Waals surface area contributed by atoms with Gasteiger partial charge in [0, 0.05) is 48.3 Å². The summed E-state index contributed by atoms with van der Waals surface area (Å²) >= 11 is 6.08. The van der Waals surface area contributed by atoms with E-state index in [2.05, 4.69) is 14.8 Å². The van der Waals surface area contributed by atoms with Crippen LogP contribution in [0.15, 0.2) is 65.8 Å². The van der Waals surface area contributed by atoms with Crippen molar-refractivity contribution >= 4 is 44.0 Å². The van der Waals surface area contributed by atoms with E-state index in [-0.39, 0.29) is 36.0 Å². The lowest BCUT2D eigenvalue weighted by molar-refractivity contribution is -0.151. The number of piperidine rings is 1. The maximum absolute atomic E-state index is 13.8. The molecular weight excluding hydrogens is 526 g/mol. The molecule has 1 atom stereocenters. The zero-order valence-electron chi connectivity index (χ0n) is 21.1. The number of aliphatic hydroxyl groups is 1. The van der Waals surface area contributed by atoms with Crippen LogP contribution in [0.1, 0.15) is 12.8 Å². The van der Waals surface area contributed by atoms with Gasteiger partial charge < -0.3 is 14.9 Å². The molecule has 1 N–H and O–H groups in total. The van der Waals surface area contributed by atoms with Crippen LogP contribution >= 0.6 is 11.6 Å². The van der Waals surface area contributed by atoms with Crippen LogP contribution < -0.4 is 4.90 Å². The summed E-state index contributed by atoms with van der Waals surface area (Å²) in [5, 5.41) is 12.9. The second kappa shape index (κ2) is 9.17. The van der Waals surface area contributed by atoms with Gasteiger partial charge in [-0.1, -0.05) is 23.7 Å². The number of benzene rings is 2. The normalized spacial score (nSPS) is 24.3. The van der Waals surface area contributed by atoms with Gasteiger partial charge in [0.1, 0.15) is 5.66 Å². The molecule has 3 aromatic rings. The zero-order chi connectivity index (χ0) is 26.7. The second-order valence-corrected chi connectivity index (χ2v) is 12.9. The number of halogens is 1. The quantitative estimate of drug-likeness (QED) is 0.528. The highest BCUT2D eigenvalue weighted by molar-refractivity contribution is 7.89. The first-order valence-corrected chi connectivity index (χ1v) is 14.5. The van der Waals surface area contributed by atoms with E-state index in [9.17, 15) is 18.3 Å². The summed E-state index contributed by atoms with van der Waals surface area (Å²) < 4.78 is 28.8. The van der Waals surface area contributed by atoms with Crippen LogP contribution in [0.5, 0.6) is 0 Å². The van der Waals surface area contributed by atoms with Crippen molar-refractivity contribution in [1.29, 1.82) is 0 Å². The molecule has 3 saturated heterocycles. The van der Waals surface area contributed by atoms with E-state index in [1.807, 2.05) is 19.2 Å². The lowest BCUT2D eigenvalue weighted by atomic mass is 9.86. The minimum absolute atomic E-state index is 0.00253. The van der Waals surface area contributed by atoms with E-state index < -0.39 is 15.7 Å². The highest BCUT2D eigenvalue weighted by Crippen LogP contribution is 2.45. The van der Waals surface area contributed by atoms with E-state index in [1.54, 1.807) is 53.7 Å². The molecule has 0 bridgehead atoms. The monoisotopic (exact) mass is 555 g/mol. The first-order chi connectivity index (χ1) is 18.2. The van der Waals surface area contributed by atoms with Gasteiger partial charge in [0.2, 0.25) is 15.9 Å². The molecule has 0 aliphatic carbocycles. The Kier molecular flexibility index (Phi) is 6.16. The van der Waals surface area contributed by atoms with Crippen LogP contribution in [-0.2, 0) is 14.8 Å². The molecule has 0 saturated carbocycles. The SMILES string of the molecule is CN1C2(CCN(c3ccncc3)CC2)CN2C(=O)CN(S(=O)(=O)c3ccc4cc(Cl)ccc4c3)CC21CO. The molecule has 2 aromatic carbocycles. The Labute approximate surface area is 227 Å². The smallest absolute Gasteiger partial charge is 0.243 e. The van der Waals surface area contributed by atoms with Crippen molar-refractivity contribution < 1.29 is 18.3 Å². The van der Waals surface area contributed by atoms with Gasteiger partial charge in [0.15, 0.2) is 0 Å². The van der Waals surface area contributed by atoms with Crippen molar-refractivity contribution in [1.82, 2.24) is 19.1 Å². The lowest BCUT2D eigenvalue weighted by Gasteiger charge is -2.50. The average Bonchev–Trinajstić information content (AvgIpc) is 3.17. The van der Waals surface area contributed by atoms with Crippen LogP contribution in [-0.4, -0.2) is 96.1 Å². The molecule has 1 amide bonds. The third kappa shape index (κ3) is 3.89. The molecule has 6 rings (SSSR count). The van der Waals surface area contributed by atoms with Crippen LogP contribution in [0.25, 0.3) is 10.8 Å². The van der Waals surface area contributed by atoms with Crippen molar-refractivity contribution in [3.8, 4) is 0 Å². The topological polar surface area (TPSA) is 97.3 Å². The van der Waals surface area contributed by atoms with Gasteiger partial charge in [0.25, 0.3) is 0 Å². The summed E-state index contributed by atoms with van der Waals surface area (Å²) in [5.74, 6) is -0.290. The van der Waals surface area contributed by atoms with Gasteiger partial charge in [-0.2, -0.15) is 4.31 Å². The number of likely N-dealkylation sites (N-methyl/N-ethyl adjacent to an activating group) is 1. The van der Waals surface area contributed by atoms with Gasteiger partial charge in [0.05, 0.1) is 24.6 Å². The predicted octanol–water partition coefficient (Wildman–Crippen LogP) is 2.39. The van der Waals surface area contributed by atoms with E-state index in [0.29, 0.717) is 11.6 Å². The standard InChI is InChI=1S/C27H30ClN5O4S/c1-30-26(8-12-31(13-9-26)23-6-10-29-11-7-23)17-33-25(35)16-32(18-27(30,33)19-34)38(36,37)24-5-3-20-14-22(28)4-2-21(20)15-24/h2-7,10-11,14-15,34H,8-9,12-13,16-19H2,1H3. The molecule has 38 heavy (non-hydrogen) atoms. The highest BCUT2D eigenvalue weighted by Gasteiger charge is 2.62. The number of sulfonamides is 1. The first-order valence-electron chi connectivity index (χ1n) is 12.7.